The van der Waals surface area contributed by atoms with Crippen molar-refractivity contribution in [2.45, 2.75) is 62.7 Å². The van der Waals surface area contributed by atoms with Crippen molar-refractivity contribution < 1.29 is 38.7 Å². The number of aliphatic carboxylic acids is 1. The highest BCUT2D eigenvalue weighted by Gasteiger charge is 2.32. The van der Waals surface area contributed by atoms with Crippen LogP contribution in [0.5, 0.6) is 0 Å². The molecule has 2 rings (SSSR count). The number of primary amides is 3. The molecule has 0 spiro atoms. The fraction of sp³-hybridized carbons (Fsp3) is 0.400. The van der Waals surface area contributed by atoms with Crippen LogP contribution in [0.4, 0.5) is 0 Å². The lowest BCUT2D eigenvalue weighted by Crippen LogP contribution is -2.58. The van der Waals surface area contributed by atoms with Gasteiger partial charge in [-0.15, -0.1) is 0 Å². The topological polar surface area (TPSA) is 296 Å². The van der Waals surface area contributed by atoms with Gasteiger partial charge in [-0.25, -0.2) is 4.79 Å². The molecule has 0 aliphatic rings. The van der Waals surface area contributed by atoms with Crippen molar-refractivity contribution in [2.75, 3.05) is 0 Å². The van der Waals surface area contributed by atoms with E-state index in [2.05, 4.69) is 20.9 Å². The zero-order chi connectivity index (χ0) is 30.7. The van der Waals surface area contributed by atoms with E-state index in [1.165, 1.54) is 0 Å². The Labute approximate surface area is 233 Å². The molecule has 6 amide bonds. The lowest BCUT2D eigenvalue weighted by atomic mass is 10.0. The van der Waals surface area contributed by atoms with Crippen LogP contribution < -0.4 is 38.9 Å². The zero-order valence-electron chi connectivity index (χ0n) is 22.1. The minimum atomic E-state index is -1.55. The second kappa shape index (κ2) is 15.0. The molecule has 41 heavy (non-hydrogen) atoms. The largest absolute Gasteiger partial charge is 0.480 e. The van der Waals surface area contributed by atoms with Crippen LogP contribution in [0, 0.1) is 0 Å². The number of carbonyl (C=O) groups is 7. The predicted octanol–water partition coefficient (Wildman–Crippen LogP) is -3.02. The molecule has 0 aliphatic heterocycles. The Morgan fingerprint density at radius 2 is 1.32 bits per heavy atom. The summed E-state index contributed by atoms with van der Waals surface area (Å²) in [5.41, 5.74) is 22.5. The zero-order valence-corrected chi connectivity index (χ0v) is 22.1. The number of para-hydroxylation sites is 1. The summed E-state index contributed by atoms with van der Waals surface area (Å²) < 4.78 is 0. The molecule has 0 aliphatic carbocycles. The highest BCUT2D eigenvalue weighted by atomic mass is 16.4. The van der Waals surface area contributed by atoms with Crippen LogP contribution in [0.25, 0.3) is 10.9 Å². The van der Waals surface area contributed by atoms with Gasteiger partial charge in [-0.1, -0.05) is 18.2 Å². The van der Waals surface area contributed by atoms with Gasteiger partial charge in [0, 0.05) is 36.4 Å². The monoisotopic (exact) mass is 574 g/mol. The van der Waals surface area contributed by atoms with Gasteiger partial charge >= 0.3 is 5.97 Å². The van der Waals surface area contributed by atoms with E-state index in [1.807, 2.05) is 0 Å². The fourth-order valence-electron chi connectivity index (χ4n) is 3.94. The van der Waals surface area contributed by atoms with Crippen LogP contribution in [0.3, 0.4) is 0 Å². The van der Waals surface area contributed by atoms with Crippen LogP contribution in [-0.4, -0.2) is 75.7 Å². The van der Waals surface area contributed by atoms with Gasteiger partial charge in [-0.3, -0.25) is 28.8 Å². The van der Waals surface area contributed by atoms with Gasteiger partial charge in [-0.2, -0.15) is 0 Å². The van der Waals surface area contributed by atoms with E-state index in [4.69, 9.17) is 22.9 Å². The summed E-state index contributed by atoms with van der Waals surface area (Å²) in [6.07, 6.45) is -0.113. The molecule has 2 aromatic rings. The number of H-pyrrole nitrogens is 1. The molecule has 1 heterocycles. The summed E-state index contributed by atoms with van der Waals surface area (Å²) in [4.78, 5) is 87.6. The van der Waals surface area contributed by atoms with Crippen molar-refractivity contribution in [2.24, 2.45) is 22.9 Å². The first-order chi connectivity index (χ1) is 19.3. The Bertz CT molecular complexity index is 1310. The van der Waals surface area contributed by atoms with Gasteiger partial charge in [-0.05, 0) is 24.5 Å². The molecule has 4 atom stereocenters. The van der Waals surface area contributed by atoms with E-state index >= 15 is 0 Å². The van der Waals surface area contributed by atoms with E-state index < -0.39 is 72.0 Å². The molecular formula is C25H34N8O8. The Balaban J connectivity index is 2.31. The number of aromatic amines is 1. The number of fused-ring (bicyclic) bond motifs is 1. The molecule has 222 valence electrons. The van der Waals surface area contributed by atoms with Gasteiger partial charge in [0.05, 0.1) is 12.5 Å². The van der Waals surface area contributed by atoms with Gasteiger partial charge in [0.15, 0.2) is 0 Å². The standard InChI is InChI=1S/C25H34N8O8/c26-14(5-7-19(27)34)22(37)32-18(10-21(29)36)24(39)33-17(9-12-11-30-15-4-2-1-3-13(12)15)23(38)31-16(25(40)41)6-8-20(28)35/h1-4,11,14,16-18,30H,5-10,26H2,(H2,27,34)(H2,28,35)(H2,29,36)(H,31,38)(H,32,37)(H,33,39)(H,40,41). The number of carbonyl (C=O) groups excluding carboxylic acids is 6. The molecule has 0 radical (unpaired) electrons. The third-order valence-corrected chi connectivity index (χ3v) is 6.10. The number of hydrogen-bond donors (Lipinski definition) is 9. The van der Waals surface area contributed by atoms with Crippen molar-refractivity contribution in [1.82, 2.24) is 20.9 Å². The number of hydrogen-bond acceptors (Lipinski definition) is 8. The maximum absolute atomic E-state index is 13.3. The molecule has 4 unspecified atom stereocenters. The molecule has 0 saturated heterocycles. The van der Waals surface area contributed by atoms with Crippen molar-refractivity contribution in [3.05, 3.63) is 36.0 Å². The second-order valence-electron chi connectivity index (χ2n) is 9.37. The van der Waals surface area contributed by atoms with Crippen LogP contribution >= 0.6 is 0 Å². The molecule has 1 aromatic carbocycles. The summed E-state index contributed by atoms with van der Waals surface area (Å²) in [6, 6.07) is 1.42. The summed E-state index contributed by atoms with van der Waals surface area (Å²) in [6.45, 7) is 0. The Morgan fingerprint density at radius 1 is 0.756 bits per heavy atom. The lowest BCUT2D eigenvalue weighted by Gasteiger charge is -2.25. The first kappa shape index (κ1) is 32.2. The Hall–Kier alpha value is -4.99. The van der Waals surface area contributed by atoms with Gasteiger partial charge in [0.1, 0.15) is 18.1 Å². The Morgan fingerprint density at radius 3 is 1.93 bits per heavy atom. The van der Waals surface area contributed by atoms with E-state index in [1.54, 1.807) is 30.5 Å². The number of aromatic nitrogens is 1. The maximum atomic E-state index is 13.3. The van der Waals surface area contributed by atoms with Gasteiger partial charge in [0.2, 0.25) is 35.4 Å². The average Bonchev–Trinajstić information content (AvgIpc) is 3.30. The summed E-state index contributed by atoms with van der Waals surface area (Å²) >= 11 is 0. The molecule has 0 fully saturated rings. The predicted molar refractivity (Wildman–Crippen MR) is 144 cm³/mol. The van der Waals surface area contributed by atoms with Crippen molar-refractivity contribution >= 4 is 52.3 Å². The number of carboxylic acid groups (broad SMARTS) is 1. The first-order valence-corrected chi connectivity index (χ1v) is 12.6. The van der Waals surface area contributed by atoms with Crippen LogP contribution in [0.1, 0.15) is 37.7 Å². The van der Waals surface area contributed by atoms with Crippen LogP contribution in [0.2, 0.25) is 0 Å². The Kier molecular flexibility index (Phi) is 11.8. The lowest BCUT2D eigenvalue weighted by molar-refractivity contribution is -0.142. The highest BCUT2D eigenvalue weighted by Crippen LogP contribution is 2.19. The quantitative estimate of drug-likeness (QED) is 0.0927. The van der Waals surface area contributed by atoms with E-state index in [-0.39, 0.29) is 32.1 Å². The summed E-state index contributed by atoms with van der Waals surface area (Å²) in [5, 5.41) is 17.3. The first-order valence-electron chi connectivity index (χ1n) is 12.6. The number of nitrogens with two attached hydrogens (primary N) is 4. The number of carboxylic acids is 1. The molecule has 16 nitrogen and oxygen atoms in total. The number of nitrogens with one attached hydrogen (secondary N) is 4. The van der Waals surface area contributed by atoms with Gasteiger partial charge in [0.25, 0.3) is 0 Å². The minimum absolute atomic E-state index is 0.125. The minimum Gasteiger partial charge on any atom is -0.480 e. The van der Waals surface area contributed by atoms with Crippen molar-refractivity contribution in [3.63, 3.8) is 0 Å². The molecule has 16 heteroatoms. The maximum Gasteiger partial charge on any atom is 0.326 e. The summed E-state index contributed by atoms with van der Waals surface area (Å²) in [7, 11) is 0. The van der Waals surface area contributed by atoms with Crippen molar-refractivity contribution in [1.29, 1.82) is 0 Å². The molecular weight excluding hydrogens is 540 g/mol. The van der Waals surface area contributed by atoms with E-state index in [0.717, 1.165) is 10.9 Å². The summed E-state index contributed by atoms with van der Waals surface area (Å²) in [5.74, 6) is -6.62. The third-order valence-electron chi connectivity index (χ3n) is 6.10. The smallest absolute Gasteiger partial charge is 0.326 e. The molecule has 0 saturated carbocycles. The van der Waals surface area contributed by atoms with E-state index in [0.29, 0.717) is 5.56 Å². The SMILES string of the molecule is NC(=O)CCC(N)C(=O)NC(CC(N)=O)C(=O)NC(Cc1c[nH]c2ccccc12)C(=O)NC(CCC(N)=O)C(=O)O. The molecule has 1 aromatic heterocycles. The third kappa shape index (κ3) is 10.2. The number of benzene rings is 1. The molecule has 13 N–H and O–H groups in total. The van der Waals surface area contributed by atoms with Crippen LogP contribution in [0.15, 0.2) is 30.5 Å². The number of rotatable bonds is 17. The normalized spacial score (nSPS) is 13.8. The second-order valence-corrected chi connectivity index (χ2v) is 9.37. The highest BCUT2D eigenvalue weighted by molar-refractivity contribution is 5.96. The van der Waals surface area contributed by atoms with Crippen LogP contribution in [-0.2, 0) is 40.0 Å². The van der Waals surface area contributed by atoms with Crippen molar-refractivity contribution in [3.8, 4) is 0 Å². The fourth-order valence-corrected chi connectivity index (χ4v) is 3.94. The average molecular weight is 575 g/mol. The van der Waals surface area contributed by atoms with Gasteiger partial charge < -0.3 is 49.0 Å². The number of amides is 6. The van der Waals surface area contributed by atoms with E-state index in [9.17, 15) is 38.7 Å². The molecule has 0 bridgehead atoms.